The third-order valence-electron chi connectivity index (χ3n) is 4.98. The van der Waals surface area contributed by atoms with Gasteiger partial charge in [-0.05, 0) is 50.5 Å². The molecule has 3 aromatic rings. The van der Waals surface area contributed by atoms with Crippen molar-refractivity contribution < 1.29 is 14.7 Å². The van der Waals surface area contributed by atoms with Gasteiger partial charge in [0.1, 0.15) is 6.04 Å². The lowest BCUT2D eigenvalue weighted by atomic mass is 10.0. The van der Waals surface area contributed by atoms with Gasteiger partial charge in [0.05, 0.1) is 16.9 Å². The Labute approximate surface area is 155 Å². The van der Waals surface area contributed by atoms with E-state index in [1.54, 1.807) is 17.8 Å². The maximum absolute atomic E-state index is 12.9. The molecule has 138 valence electrons. The summed E-state index contributed by atoms with van der Waals surface area (Å²) in [5.74, 6) is -1.36. The summed E-state index contributed by atoms with van der Waals surface area (Å²) in [6, 6.07) is 8.69. The summed E-state index contributed by atoms with van der Waals surface area (Å²) in [7, 11) is 0. The van der Waals surface area contributed by atoms with E-state index in [0.29, 0.717) is 18.7 Å². The molecular weight excluding hydrogens is 346 g/mol. The monoisotopic (exact) mass is 365 g/mol. The average Bonchev–Trinajstić information content (AvgIpc) is 3.08. The predicted octanol–water partition coefficient (Wildman–Crippen LogP) is 2.20. The molecule has 8 heteroatoms. The van der Waals surface area contributed by atoms with Gasteiger partial charge in [-0.3, -0.25) is 9.78 Å². The molecule has 0 bridgehead atoms. The average molecular weight is 365 g/mol. The molecule has 0 spiro atoms. The molecule has 1 aliphatic heterocycles. The van der Waals surface area contributed by atoms with Crippen molar-refractivity contribution in [1.82, 2.24) is 24.9 Å². The van der Waals surface area contributed by atoms with Crippen LogP contribution >= 0.6 is 0 Å². The predicted molar refractivity (Wildman–Crippen MR) is 97.7 cm³/mol. The Hall–Kier alpha value is -3.29. The van der Waals surface area contributed by atoms with Crippen LogP contribution in [0.25, 0.3) is 16.6 Å². The third-order valence-corrected chi connectivity index (χ3v) is 4.98. The Balaban J connectivity index is 1.68. The van der Waals surface area contributed by atoms with Crippen LogP contribution in [-0.4, -0.2) is 54.4 Å². The second kappa shape index (κ2) is 6.79. The van der Waals surface area contributed by atoms with E-state index in [2.05, 4.69) is 15.3 Å². The lowest BCUT2D eigenvalue weighted by Gasteiger charge is -2.32. The number of benzene rings is 1. The van der Waals surface area contributed by atoms with Gasteiger partial charge < -0.3 is 10.0 Å². The summed E-state index contributed by atoms with van der Waals surface area (Å²) in [6.07, 6.45) is 3.79. The van der Waals surface area contributed by atoms with Crippen LogP contribution in [-0.2, 0) is 4.79 Å². The van der Waals surface area contributed by atoms with Gasteiger partial charge in [-0.15, -0.1) is 5.10 Å². The first-order valence-electron chi connectivity index (χ1n) is 8.87. The minimum absolute atomic E-state index is 0.189. The Morgan fingerprint density at radius 3 is 2.89 bits per heavy atom. The highest BCUT2D eigenvalue weighted by atomic mass is 16.4. The molecule has 1 fully saturated rings. The van der Waals surface area contributed by atoms with Crippen molar-refractivity contribution in [2.24, 2.45) is 0 Å². The van der Waals surface area contributed by atoms with E-state index < -0.39 is 12.0 Å². The number of amides is 1. The molecule has 4 rings (SSSR count). The molecule has 3 heterocycles. The Bertz CT molecular complexity index is 1030. The van der Waals surface area contributed by atoms with Gasteiger partial charge in [-0.25, -0.2) is 9.48 Å². The van der Waals surface area contributed by atoms with Gasteiger partial charge in [-0.1, -0.05) is 11.3 Å². The van der Waals surface area contributed by atoms with Gasteiger partial charge >= 0.3 is 5.97 Å². The number of fused-ring (bicyclic) bond motifs is 1. The number of likely N-dealkylation sites (tertiary alicyclic amines) is 1. The molecule has 1 atom stereocenters. The standard InChI is InChI=1S/C19H19N5O3/c1-12-17(18(25)23-10-3-2-6-16(23)19(26)27)21-22-24(12)14-7-8-15-13(11-14)5-4-9-20-15/h4-5,7-9,11,16H,2-3,6,10H2,1H3,(H,26,27). The number of carboxylic acid groups (broad SMARTS) is 1. The van der Waals surface area contributed by atoms with Crippen LogP contribution < -0.4 is 0 Å². The van der Waals surface area contributed by atoms with Crippen molar-refractivity contribution in [3.8, 4) is 5.69 Å². The second-order valence-corrected chi connectivity index (χ2v) is 6.66. The highest BCUT2D eigenvalue weighted by Gasteiger charge is 2.34. The maximum Gasteiger partial charge on any atom is 0.326 e. The number of hydrogen-bond acceptors (Lipinski definition) is 5. The van der Waals surface area contributed by atoms with Crippen LogP contribution in [0.4, 0.5) is 0 Å². The van der Waals surface area contributed by atoms with Crippen molar-refractivity contribution in [3.63, 3.8) is 0 Å². The highest BCUT2D eigenvalue weighted by molar-refractivity contribution is 5.96. The number of hydrogen-bond donors (Lipinski definition) is 1. The van der Waals surface area contributed by atoms with Crippen molar-refractivity contribution in [1.29, 1.82) is 0 Å². The molecule has 1 N–H and O–H groups in total. The summed E-state index contributed by atoms with van der Waals surface area (Å²) in [5, 5.41) is 18.6. The number of carbonyl (C=O) groups excluding carboxylic acids is 1. The fourth-order valence-corrected chi connectivity index (χ4v) is 3.53. The fraction of sp³-hybridized carbons (Fsp3) is 0.316. The van der Waals surface area contributed by atoms with Gasteiger partial charge in [0, 0.05) is 18.1 Å². The Morgan fingerprint density at radius 1 is 1.22 bits per heavy atom. The summed E-state index contributed by atoms with van der Waals surface area (Å²) in [6.45, 7) is 2.18. The third kappa shape index (κ3) is 3.03. The molecule has 1 unspecified atom stereocenters. The number of piperidine rings is 1. The molecule has 1 amide bonds. The first-order valence-corrected chi connectivity index (χ1v) is 8.87. The first kappa shape index (κ1) is 17.1. The van der Waals surface area contributed by atoms with Crippen LogP contribution in [0.1, 0.15) is 35.4 Å². The Morgan fingerprint density at radius 2 is 2.07 bits per heavy atom. The molecular formula is C19H19N5O3. The molecule has 0 aliphatic carbocycles. The minimum atomic E-state index is -0.977. The van der Waals surface area contributed by atoms with E-state index in [9.17, 15) is 14.7 Å². The van der Waals surface area contributed by atoms with E-state index in [1.165, 1.54) is 4.90 Å². The number of nitrogens with zero attached hydrogens (tertiary/aromatic N) is 5. The fourth-order valence-electron chi connectivity index (χ4n) is 3.53. The zero-order chi connectivity index (χ0) is 19.0. The second-order valence-electron chi connectivity index (χ2n) is 6.66. The molecule has 1 aromatic carbocycles. The van der Waals surface area contributed by atoms with E-state index in [1.807, 2.05) is 30.3 Å². The molecule has 1 saturated heterocycles. The largest absolute Gasteiger partial charge is 0.480 e. The van der Waals surface area contributed by atoms with Crippen LogP contribution in [0.5, 0.6) is 0 Å². The summed E-state index contributed by atoms with van der Waals surface area (Å²) in [5.41, 5.74) is 2.41. The molecule has 0 radical (unpaired) electrons. The summed E-state index contributed by atoms with van der Waals surface area (Å²) < 4.78 is 1.60. The quantitative estimate of drug-likeness (QED) is 0.764. The lowest BCUT2D eigenvalue weighted by molar-refractivity contribution is -0.143. The van der Waals surface area contributed by atoms with Crippen molar-refractivity contribution in [2.45, 2.75) is 32.2 Å². The smallest absolute Gasteiger partial charge is 0.326 e. The molecule has 27 heavy (non-hydrogen) atoms. The normalized spacial score (nSPS) is 17.2. The first-order chi connectivity index (χ1) is 13.1. The van der Waals surface area contributed by atoms with E-state index in [-0.39, 0.29) is 11.6 Å². The number of pyridine rings is 1. The number of rotatable bonds is 3. The summed E-state index contributed by atoms with van der Waals surface area (Å²) in [4.78, 5) is 30.1. The van der Waals surface area contributed by atoms with E-state index in [0.717, 1.165) is 29.4 Å². The van der Waals surface area contributed by atoms with Gasteiger partial charge in [0.15, 0.2) is 5.69 Å². The van der Waals surface area contributed by atoms with Crippen molar-refractivity contribution in [2.75, 3.05) is 6.54 Å². The zero-order valence-electron chi connectivity index (χ0n) is 14.9. The zero-order valence-corrected chi connectivity index (χ0v) is 14.9. The highest BCUT2D eigenvalue weighted by Crippen LogP contribution is 2.22. The van der Waals surface area contributed by atoms with Crippen LogP contribution in [0.2, 0.25) is 0 Å². The van der Waals surface area contributed by atoms with Crippen molar-refractivity contribution in [3.05, 3.63) is 47.9 Å². The van der Waals surface area contributed by atoms with Gasteiger partial charge in [0.25, 0.3) is 5.91 Å². The molecule has 0 saturated carbocycles. The SMILES string of the molecule is Cc1c(C(=O)N2CCCCC2C(=O)O)nnn1-c1ccc2ncccc2c1. The number of carboxylic acids is 1. The number of aromatic nitrogens is 4. The minimum Gasteiger partial charge on any atom is -0.480 e. The molecule has 1 aliphatic rings. The van der Waals surface area contributed by atoms with Gasteiger partial charge in [-0.2, -0.15) is 0 Å². The summed E-state index contributed by atoms with van der Waals surface area (Å²) >= 11 is 0. The van der Waals surface area contributed by atoms with E-state index >= 15 is 0 Å². The van der Waals surface area contributed by atoms with E-state index in [4.69, 9.17) is 0 Å². The molecule has 8 nitrogen and oxygen atoms in total. The maximum atomic E-state index is 12.9. The molecule has 2 aromatic heterocycles. The van der Waals surface area contributed by atoms with Crippen LogP contribution in [0, 0.1) is 6.92 Å². The van der Waals surface area contributed by atoms with Crippen LogP contribution in [0.15, 0.2) is 36.5 Å². The number of carbonyl (C=O) groups is 2. The Kier molecular flexibility index (Phi) is 4.31. The topological polar surface area (TPSA) is 101 Å². The number of aliphatic carboxylic acids is 1. The lowest BCUT2D eigenvalue weighted by Crippen LogP contribution is -2.48. The van der Waals surface area contributed by atoms with Crippen LogP contribution in [0.3, 0.4) is 0 Å². The van der Waals surface area contributed by atoms with Gasteiger partial charge in [0.2, 0.25) is 0 Å². The van der Waals surface area contributed by atoms with Crippen molar-refractivity contribution >= 4 is 22.8 Å².